The maximum Gasteiger partial charge on any atom is 0.127 e. The van der Waals surface area contributed by atoms with Gasteiger partial charge in [0.05, 0.1) is 0 Å². The van der Waals surface area contributed by atoms with Crippen molar-refractivity contribution in [3.8, 4) is 11.5 Å². The van der Waals surface area contributed by atoms with Crippen molar-refractivity contribution in [2.24, 2.45) is 0 Å². The molecule has 0 amide bonds. The first-order valence-electron chi connectivity index (χ1n) is 6.56. The van der Waals surface area contributed by atoms with Gasteiger partial charge in [0.2, 0.25) is 0 Å². The summed E-state index contributed by atoms with van der Waals surface area (Å²) in [4.78, 5) is 0. The molecule has 0 N–H and O–H groups in total. The fraction of sp³-hybridized carbons (Fsp3) is 0.222. The van der Waals surface area contributed by atoms with Gasteiger partial charge < -0.3 is 4.74 Å². The Morgan fingerprint density at radius 2 is 1.53 bits per heavy atom. The van der Waals surface area contributed by atoms with Crippen molar-refractivity contribution >= 4 is 0 Å². The second kappa shape index (κ2) is 5.75. The molecule has 2 aromatic rings. The van der Waals surface area contributed by atoms with E-state index in [1.54, 1.807) is 0 Å². The van der Waals surface area contributed by atoms with Crippen molar-refractivity contribution in [3.63, 3.8) is 0 Å². The highest BCUT2D eigenvalue weighted by Crippen LogP contribution is 2.29. The van der Waals surface area contributed by atoms with Gasteiger partial charge in [-0.1, -0.05) is 50.3 Å². The average molecular weight is 252 g/mol. The van der Waals surface area contributed by atoms with Gasteiger partial charge >= 0.3 is 0 Å². The molecule has 0 spiro atoms. The molecule has 0 aliphatic heterocycles. The van der Waals surface area contributed by atoms with Crippen LogP contribution in [0.15, 0.2) is 67.3 Å². The molecule has 0 aliphatic carbocycles. The van der Waals surface area contributed by atoms with E-state index in [2.05, 4.69) is 32.6 Å². The van der Waals surface area contributed by atoms with E-state index < -0.39 is 0 Å². The molecule has 0 saturated carbocycles. The largest absolute Gasteiger partial charge is 0.457 e. The molecule has 0 bridgehead atoms. The zero-order valence-electron chi connectivity index (χ0n) is 11.6. The zero-order chi connectivity index (χ0) is 13.7. The summed E-state index contributed by atoms with van der Waals surface area (Å²) in [6.45, 7) is 8.27. The van der Waals surface area contributed by atoms with Gasteiger partial charge in [-0.3, -0.25) is 0 Å². The topological polar surface area (TPSA) is 9.23 Å². The molecule has 0 aliphatic rings. The maximum atomic E-state index is 5.79. The Balaban J connectivity index is 2.13. The molecule has 0 unspecified atom stereocenters. The van der Waals surface area contributed by atoms with Crippen LogP contribution >= 0.6 is 0 Å². The summed E-state index contributed by atoms with van der Waals surface area (Å²) in [5.41, 5.74) is 1.42. The van der Waals surface area contributed by atoms with E-state index in [-0.39, 0.29) is 5.41 Å². The Morgan fingerprint density at radius 1 is 0.947 bits per heavy atom. The lowest BCUT2D eigenvalue weighted by molar-refractivity contribution is 0.480. The van der Waals surface area contributed by atoms with Gasteiger partial charge in [0.1, 0.15) is 11.5 Å². The van der Waals surface area contributed by atoms with Crippen molar-refractivity contribution < 1.29 is 4.74 Å². The van der Waals surface area contributed by atoms with Crippen LogP contribution in [-0.4, -0.2) is 0 Å². The number of benzene rings is 2. The highest BCUT2D eigenvalue weighted by atomic mass is 16.5. The third-order valence-electron chi connectivity index (χ3n) is 3.27. The molecule has 0 aromatic heterocycles. The van der Waals surface area contributed by atoms with E-state index in [1.807, 2.05) is 48.5 Å². The normalized spacial score (nSPS) is 11.1. The van der Waals surface area contributed by atoms with Gasteiger partial charge in [-0.05, 0) is 41.7 Å². The van der Waals surface area contributed by atoms with E-state index in [9.17, 15) is 0 Å². The second-order valence-corrected chi connectivity index (χ2v) is 5.32. The first-order chi connectivity index (χ1) is 9.12. The molecular weight excluding hydrogens is 232 g/mol. The van der Waals surface area contributed by atoms with Crippen LogP contribution in [-0.2, 0) is 5.41 Å². The maximum absolute atomic E-state index is 5.79. The third kappa shape index (κ3) is 3.47. The number of ether oxygens (including phenoxy) is 1. The summed E-state index contributed by atoms with van der Waals surface area (Å²) in [5, 5.41) is 0. The van der Waals surface area contributed by atoms with E-state index >= 15 is 0 Å². The van der Waals surface area contributed by atoms with Gasteiger partial charge in [0.15, 0.2) is 0 Å². The quantitative estimate of drug-likeness (QED) is 0.653. The van der Waals surface area contributed by atoms with Crippen LogP contribution in [0.3, 0.4) is 0 Å². The minimum absolute atomic E-state index is 0.118. The minimum atomic E-state index is 0.118. The molecule has 1 nitrogen and oxygen atoms in total. The Bertz CT molecular complexity index is 523. The second-order valence-electron chi connectivity index (χ2n) is 5.32. The van der Waals surface area contributed by atoms with Crippen molar-refractivity contribution in [1.29, 1.82) is 0 Å². The molecular formula is C18H20O. The fourth-order valence-electron chi connectivity index (χ4n) is 2.08. The first-order valence-corrected chi connectivity index (χ1v) is 6.56. The predicted octanol–water partition coefficient (Wildman–Crippen LogP) is 5.33. The van der Waals surface area contributed by atoms with Crippen LogP contribution in [0, 0.1) is 0 Å². The van der Waals surface area contributed by atoms with Crippen LogP contribution < -0.4 is 4.74 Å². The van der Waals surface area contributed by atoms with Gasteiger partial charge in [-0.15, -0.1) is 6.58 Å². The van der Waals surface area contributed by atoms with Crippen molar-refractivity contribution in [3.05, 3.63) is 72.8 Å². The molecule has 19 heavy (non-hydrogen) atoms. The van der Waals surface area contributed by atoms with Gasteiger partial charge in [-0.25, -0.2) is 0 Å². The molecule has 0 atom stereocenters. The summed E-state index contributed by atoms with van der Waals surface area (Å²) in [6.07, 6.45) is 2.93. The molecule has 0 fully saturated rings. The number of hydrogen-bond acceptors (Lipinski definition) is 1. The Hall–Kier alpha value is -2.02. The summed E-state index contributed by atoms with van der Waals surface area (Å²) < 4.78 is 5.79. The Morgan fingerprint density at radius 3 is 2.11 bits per heavy atom. The van der Waals surface area contributed by atoms with E-state index in [0.717, 1.165) is 17.9 Å². The summed E-state index contributed by atoms with van der Waals surface area (Å²) in [5.74, 6) is 1.73. The summed E-state index contributed by atoms with van der Waals surface area (Å²) in [6, 6.07) is 18.1. The summed E-state index contributed by atoms with van der Waals surface area (Å²) in [7, 11) is 0. The van der Waals surface area contributed by atoms with E-state index in [4.69, 9.17) is 4.74 Å². The minimum Gasteiger partial charge on any atom is -0.457 e. The van der Waals surface area contributed by atoms with Crippen LogP contribution in [0.2, 0.25) is 0 Å². The fourth-order valence-corrected chi connectivity index (χ4v) is 2.08. The van der Waals surface area contributed by atoms with Crippen LogP contribution in [0.1, 0.15) is 25.8 Å². The van der Waals surface area contributed by atoms with E-state index in [1.165, 1.54) is 5.56 Å². The Kier molecular flexibility index (Phi) is 4.06. The smallest absolute Gasteiger partial charge is 0.127 e. The van der Waals surface area contributed by atoms with Crippen molar-refractivity contribution in [2.75, 3.05) is 0 Å². The molecule has 2 aromatic carbocycles. The van der Waals surface area contributed by atoms with Gasteiger partial charge in [0.25, 0.3) is 0 Å². The first kappa shape index (κ1) is 13.4. The molecule has 0 heterocycles. The molecule has 0 saturated heterocycles. The van der Waals surface area contributed by atoms with Crippen LogP contribution in [0.25, 0.3) is 0 Å². The standard InChI is InChI=1S/C18H20O/c1-4-14-18(2,3)15-10-12-17(13-11-15)19-16-8-6-5-7-9-16/h4-13H,1,14H2,2-3H3. The SMILES string of the molecule is C=CCC(C)(C)c1ccc(Oc2ccccc2)cc1. The molecule has 0 radical (unpaired) electrons. The zero-order valence-corrected chi connectivity index (χ0v) is 11.6. The van der Waals surface area contributed by atoms with Crippen LogP contribution in [0.5, 0.6) is 11.5 Å². The van der Waals surface area contributed by atoms with Crippen molar-refractivity contribution in [1.82, 2.24) is 0 Å². The van der Waals surface area contributed by atoms with Crippen molar-refractivity contribution in [2.45, 2.75) is 25.7 Å². The monoisotopic (exact) mass is 252 g/mol. The molecule has 1 heteroatoms. The molecule has 98 valence electrons. The number of rotatable bonds is 5. The predicted molar refractivity (Wildman–Crippen MR) is 80.8 cm³/mol. The number of hydrogen-bond donors (Lipinski definition) is 0. The lowest BCUT2D eigenvalue weighted by atomic mass is 9.82. The lowest BCUT2D eigenvalue weighted by Crippen LogP contribution is -2.15. The number of para-hydroxylation sites is 1. The lowest BCUT2D eigenvalue weighted by Gasteiger charge is -2.23. The Labute approximate surface area is 115 Å². The van der Waals surface area contributed by atoms with Gasteiger partial charge in [-0.2, -0.15) is 0 Å². The van der Waals surface area contributed by atoms with Gasteiger partial charge in [0, 0.05) is 0 Å². The average Bonchev–Trinajstić information content (AvgIpc) is 2.40. The highest BCUT2D eigenvalue weighted by Gasteiger charge is 2.18. The third-order valence-corrected chi connectivity index (χ3v) is 3.27. The highest BCUT2D eigenvalue weighted by molar-refractivity contribution is 5.35. The summed E-state index contributed by atoms with van der Waals surface area (Å²) >= 11 is 0. The van der Waals surface area contributed by atoms with E-state index in [0.29, 0.717) is 0 Å². The number of allylic oxidation sites excluding steroid dienone is 1. The van der Waals surface area contributed by atoms with Crippen LogP contribution in [0.4, 0.5) is 0 Å². The molecule has 2 rings (SSSR count).